The predicted molar refractivity (Wildman–Crippen MR) is 76.6 cm³/mol. The molecule has 5 heteroatoms. The minimum Gasteiger partial charge on any atom is -0.465 e. The zero-order valence-corrected chi connectivity index (χ0v) is 11.9. The van der Waals surface area contributed by atoms with Crippen molar-refractivity contribution in [3.8, 4) is 0 Å². The minimum absolute atomic E-state index is 0.369. The number of halogens is 1. The Morgan fingerprint density at radius 1 is 1.32 bits per heavy atom. The van der Waals surface area contributed by atoms with Gasteiger partial charge in [0.2, 0.25) is 0 Å². The third-order valence-electron chi connectivity index (χ3n) is 2.47. The van der Waals surface area contributed by atoms with E-state index >= 15 is 0 Å². The SMILES string of the molecule is COC(=O)c1cccnc1SCc1ccc(Cl)cc1. The molecular formula is C14H12ClNO2S. The van der Waals surface area contributed by atoms with Crippen molar-refractivity contribution in [3.05, 3.63) is 58.7 Å². The van der Waals surface area contributed by atoms with Crippen LogP contribution in [0.3, 0.4) is 0 Å². The Balaban J connectivity index is 2.11. The second-order valence-corrected chi connectivity index (χ2v) is 5.16. The number of pyridine rings is 1. The Morgan fingerprint density at radius 2 is 2.05 bits per heavy atom. The van der Waals surface area contributed by atoms with Gasteiger partial charge in [0.25, 0.3) is 0 Å². The fraction of sp³-hybridized carbons (Fsp3) is 0.143. The van der Waals surface area contributed by atoms with Gasteiger partial charge in [0.1, 0.15) is 5.03 Å². The molecule has 0 saturated heterocycles. The predicted octanol–water partition coefficient (Wildman–Crippen LogP) is 3.81. The Bertz CT molecular complexity index is 572. The number of hydrogen-bond donors (Lipinski definition) is 0. The van der Waals surface area contributed by atoms with Crippen LogP contribution in [0.4, 0.5) is 0 Å². The summed E-state index contributed by atoms with van der Waals surface area (Å²) in [5, 5.41) is 1.38. The van der Waals surface area contributed by atoms with Crippen molar-refractivity contribution in [1.29, 1.82) is 0 Å². The van der Waals surface area contributed by atoms with Gasteiger partial charge in [-0.1, -0.05) is 23.7 Å². The molecular weight excluding hydrogens is 282 g/mol. The van der Waals surface area contributed by atoms with Crippen molar-refractivity contribution in [3.63, 3.8) is 0 Å². The van der Waals surface area contributed by atoms with Crippen molar-refractivity contribution < 1.29 is 9.53 Å². The molecule has 1 heterocycles. The number of benzene rings is 1. The molecule has 0 amide bonds. The van der Waals surface area contributed by atoms with Gasteiger partial charge in [0, 0.05) is 17.0 Å². The van der Waals surface area contributed by atoms with Crippen LogP contribution in [0.25, 0.3) is 0 Å². The zero-order chi connectivity index (χ0) is 13.7. The van der Waals surface area contributed by atoms with Gasteiger partial charge in [-0.25, -0.2) is 9.78 Å². The van der Waals surface area contributed by atoms with E-state index in [-0.39, 0.29) is 5.97 Å². The van der Waals surface area contributed by atoms with Gasteiger partial charge in [-0.2, -0.15) is 0 Å². The van der Waals surface area contributed by atoms with Gasteiger partial charge in [-0.15, -0.1) is 11.8 Å². The van der Waals surface area contributed by atoms with Gasteiger partial charge >= 0.3 is 5.97 Å². The smallest absolute Gasteiger partial charge is 0.340 e. The molecule has 0 saturated carbocycles. The highest BCUT2D eigenvalue weighted by Gasteiger charge is 2.12. The maximum absolute atomic E-state index is 11.6. The molecule has 0 aliphatic carbocycles. The van der Waals surface area contributed by atoms with Crippen molar-refractivity contribution in [2.45, 2.75) is 10.8 Å². The van der Waals surface area contributed by atoms with Crippen molar-refractivity contribution >= 4 is 29.3 Å². The van der Waals surface area contributed by atoms with Crippen LogP contribution in [-0.2, 0) is 10.5 Å². The Morgan fingerprint density at radius 3 is 2.74 bits per heavy atom. The number of nitrogens with zero attached hydrogens (tertiary/aromatic N) is 1. The van der Waals surface area contributed by atoms with E-state index in [2.05, 4.69) is 4.98 Å². The Hall–Kier alpha value is -1.52. The number of carbonyl (C=O) groups excluding carboxylic acids is 1. The monoisotopic (exact) mass is 293 g/mol. The highest BCUT2D eigenvalue weighted by atomic mass is 35.5. The quantitative estimate of drug-likeness (QED) is 0.635. The normalized spacial score (nSPS) is 10.2. The van der Waals surface area contributed by atoms with Crippen LogP contribution < -0.4 is 0 Å². The summed E-state index contributed by atoms with van der Waals surface area (Å²) in [5.41, 5.74) is 1.61. The molecule has 1 aromatic heterocycles. The van der Waals surface area contributed by atoms with Gasteiger partial charge in [-0.3, -0.25) is 0 Å². The van der Waals surface area contributed by atoms with Crippen molar-refractivity contribution in [2.24, 2.45) is 0 Å². The maximum Gasteiger partial charge on any atom is 0.340 e. The summed E-state index contributed by atoms with van der Waals surface area (Å²) in [7, 11) is 1.36. The van der Waals surface area contributed by atoms with E-state index in [0.29, 0.717) is 15.6 Å². The van der Waals surface area contributed by atoms with Gasteiger partial charge in [-0.05, 0) is 29.8 Å². The van der Waals surface area contributed by atoms with Gasteiger partial charge in [0.05, 0.1) is 12.7 Å². The Kier molecular flexibility index (Phi) is 4.82. The van der Waals surface area contributed by atoms with Crippen LogP contribution in [0, 0.1) is 0 Å². The lowest BCUT2D eigenvalue weighted by molar-refractivity contribution is 0.0596. The zero-order valence-electron chi connectivity index (χ0n) is 10.3. The molecule has 19 heavy (non-hydrogen) atoms. The number of aromatic nitrogens is 1. The summed E-state index contributed by atoms with van der Waals surface area (Å²) in [6, 6.07) is 11.0. The standard InChI is InChI=1S/C14H12ClNO2S/c1-18-14(17)12-3-2-8-16-13(12)19-9-10-4-6-11(15)7-5-10/h2-8H,9H2,1H3. The summed E-state index contributed by atoms with van der Waals surface area (Å²) in [6.07, 6.45) is 1.66. The number of esters is 1. The van der Waals surface area contributed by atoms with Crippen LogP contribution in [-0.4, -0.2) is 18.1 Å². The topological polar surface area (TPSA) is 39.2 Å². The molecule has 0 bridgehead atoms. The van der Waals surface area contributed by atoms with Crippen LogP contribution >= 0.6 is 23.4 Å². The summed E-state index contributed by atoms with van der Waals surface area (Å²) in [5.74, 6) is 0.352. The first-order valence-electron chi connectivity index (χ1n) is 5.61. The van der Waals surface area contributed by atoms with Gasteiger partial charge in [0.15, 0.2) is 0 Å². The van der Waals surface area contributed by atoms with Crippen LogP contribution in [0.2, 0.25) is 5.02 Å². The second kappa shape index (κ2) is 6.59. The van der Waals surface area contributed by atoms with Crippen LogP contribution in [0.15, 0.2) is 47.6 Å². The summed E-state index contributed by atoms with van der Waals surface area (Å²) in [4.78, 5) is 15.8. The number of rotatable bonds is 4. The number of ether oxygens (including phenoxy) is 1. The third kappa shape index (κ3) is 3.72. The lowest BCUT2D eigenvalue weighted by Gasteiger charge is -2.06. The number of thioether (sulfide) groups is 1. The van der Waals surface area contributed by atoms with Crippen LogP contribution in [0.1, 0.15) is 15.9 Å². The van der Waals surface area contributed by atoms with E-state index in [9.17, 15) is 4.79 Å². The second-order valence-electron chi connectivity index (χ2n) is 3.76. The van der Waals surface area contributed by atoms with Gasteiger partial charge < -0.3 is 4.74 Å². The highest BCUT2D eigenvalue weighted by Crippen LogP contribution is 2.25. The van der Waals surface area contributed by atoms with Crippen molar-refractivity contribution in [2.75, 3.05) is 7.11 Å². The van der Waals surface area contributed by atoms with E-state index < -0.39 is 0 Å². The fourth-order valence-corrected chi connectivity index (χ4v) is 2.57. The van der Waals surface area contributed by atoms with E-state index in [1.807, 2.05) is 24.3 Å². The molecule has 0 fully saturated rings. The molecule has 0 radical (unpaired) electrons. The third-order valence-corrected chi connectivity index (χ3v) is 3.79. The first-order chi connectivity index (χ1) is 9.20. The number of methoxy groups -OCH3 is 1. The highest BCUT2D eigenvalue weighted by molar-refractivity contribution is 7.98. The first-order valence-corrected chi connectivity index (χ1v) is 6.97. The fourth-order valence-electron chi connectivity index (χ4n) is 1.50. The molecule has 2 aromatic rings. The van der Waals surface area contributed by atoms with E-state index in [4.69, 9.17) is 16.3 Å². The molecule has 0 spiro atoms. The average Bonchev–Trinajstić information content (AvgIpc) is 2.46. The summed E-state index contributed by atoms with van der Waals surface area (Å²) < 4.78 is 4.73. The minimum atomic E-state index is -0.369. The molecule has 0 unspecified atom stereocenters. The molecule has 0 atom stereocenters. The lowest BCUT2D eigenvalue weighted by Crippen LogP contribution is -2.04. The Labute approximate surface area is 121 Å². The molecule has 3 nitrogen and oxygen atoms in total. The average molecular weight is 294 g/mol. The largest absolute Gasteiger partial charge is 0.465 e. The van der Waals surface area contributed by atoms with Crippen LogP contribution in [0.5, 0.6) is 0 Å². The maximum atomic E-state index is 11.6. The molecule has 0 N–H and O–H groups in total. The van der Waals surface area contributed by atoms with E-state index in [1.165, 1.54) is 18.9 Å². The number of carbonyl (C=O) groups is 1. The van der Waals surface area contributed by atoms with E-state index in [0.717, 1.165) is 11.3 Å². The molecule has 2 rings (SSSR count). The summed E-state index contributed by atoms with van der Waals surface area (Å²) in [6.45, 7) is 0. The lowest BCUT2D eigenvalue weighted by atomic mass is 10.2. The molecule has 1 aromatic carbocycles. The molecule has 98 valence electrons. The number of hydrogen-bond acceptors (Lipinski definition) is 4. The van der Waals surface area contributed by atoms with Crippen molar-refractivity contribution in [1.82, 2.24) is 4.98 Å². The van der Waals surface area contributed by atoms with E-state index in [1.54, 1.807) is 18.3 Å². The molecule has 0 aliphatic rings. The first kappa shape index (κ1) is 13.9. The molecule has 0 aliphatic heterocycles. The summed E-state index contributed by atoms with van der Waals surface area (Å²) >= 11 is 7.33.